The first-order valence-corrected chi connectivity index (χ1v) is 8.64. The molecule has 19 heavy (non-hydrogen) atoms. The van der Waals surface area contributed by atoms with Crippen LogP contribution in [0.25, 0.3) is 0 Å². The van der Waals surface area contributed by atoms with Crippen molar-refractivity contribution < 1.29 is 5.11 Å². The molecule has 1 unspecified atom stereocenters. The Kier molecular flexibility index (Phi) is 10.0. The number of unbranched alkanes of at least 4 members (excludes halogenated alkanes) is 7. The van der Waals surface area contributed by atoms with Crippen molar-refractivity contribution in [2.75, 3.05) is 13.1 Å². The van der Waals surface area contributed by atoms with Crippen LogP contribution in [-0.2, 0) is 0 Å². The third-order valence-corrected chi connectivity index (χ3v) is 4.39. The second-order valence-electron chi connectivity index (χ2n) is 5.21. The minimum absolute atomic E-state index is 0.339. The molecule has 1 atom stereocenters. The molecule has 0 aliphatic carbocycles. The summed E-state index contributed by atoms with van der Waals surface area (Å²) in [5, 5.41) is 15.2. The van der Waals surface area contributed by atoms with E-state index in [2.05, 4.69) is 12.2 Å². The Hall–Kier alpha value is -0.380. The number of nitrogens with one attached hydrogen (secondary N) is 1. The van der Waals surface area contributed by atoms with Gasteiger partial charge in [-0.1, -0.05) is 57.9 Å². The zero-order chi connectivity index (χ0) is 13.8. The lowest BCUT2D eigenvalue weighted by Gasteiger charge is -2.09. The zero-order valence-electron chi connectivity index (χ0n) is 12.2. The fourth-order valence-electron chi connectivity index (χ4n) is 2.20. The maximum atomic E-state index is 9.88. The molecule has 110 valence electrons. The van der Waals surface area contributed by atoms with Gasteiger partial charge < -0.3 is 10.4 Å². The van der Waals surface area contributed by atoms with E-state index in [0.29, 0.717) is 6.54 Å². The van der Waals surface area contributed by atoms with E-state index < -0.39 is 0 Å². The zero-order valence-corrected chi connectivity index (χ0v) is 13.1. The molecule has 0 saturated carbocycles. The van der Waals surface area contributed by atoms with E-state index in [1.54, 1.807) is 11.3 Å². The van der Waals surface area contributed by atoms with Gasteiger partial charge in [-0.3, -0.25) is 0 Å². The van der Waals surface area contributed by atoms with Gasteiger partial charge in [-0.15, -0.1) is 11.3 Å². The maximum Gasteiger partial charge on any atom is 0.101 e. The molecule has 2 nitrogen and oxygen atoms in total. The topological polar surface area (TPSA) is 32.3 Å². The Balaban J connectivity index is 1.83. The highest BCUT2D eigenvalue weighted by Crippen LogP contribution is 2.17. The molecule has 0 aliphatic rings. The van der Waals surface area contributed by atoms with Crippen LogP contribution < -0.4 is 5.32 Å². The summed E-state index contributed by atoms with van der Waals surface area (Å²) in [6.45, 7) is 3.96. The van der Waals surface area contributed by atoms with Gasteiger partial charge >= 0.3 is 0 Å². The van der Waals surface area contributed by atoms with Crippen molar-refractivity contribution in [1.29, 1.82) is 0 Å². The first kappa shape index (κ1) is 16.7. The van der Waals surface area contributed by atoms with E-state index in [1.165, 1.54) is 51.4 Å². The largest absolute Gasteiger partial charge is 0.386 e. The molecular formula is C16H29NOS. The smallest absolute Gasteiger partial charge is 0.101 e. The van der Waals surface area contributed by atoms with E-state index in [4.69, 9.17) is 0 Å². The first-order chi connectivity index (χ1) is 9.34. The van der Waals surface area contributed by atoms with Crippen LogP contribution in [0, 0.1) is 0 Å². The lowest BCUT2D eigenvalue weighted by molar-refractivity contribution is 0.178. The lowest BCUT2D eigenvalue weighted by Crippen LogP contribution is -2.22. The van der Waals surface area contributed by atoms with Crippen molar-refractivity contribution in [3.05, 3.63) is 22.4 Å². The first-order valence-electron chi connectivity index (χ1n) is 7.76. The molecule has 0 radical (unpaired) electrons. The third-order valence-electron chi connectivity index (χ3n) is 3.42. The van der Waals surface area contributed by atoms with Crippen molar-refractivity contribution in [1.82, 2.24) is 5.32 Å². The highest BCUT2D eigenvalue weighted by atomic mass is 32.1. The van der Waals surface area contributed by atoms with Gasteiger partial charge in [0.25, 0.3) is 0 Å². The average Bonchev–Trinajstić information content (AvgIpc) is 2.95. The number of hydrogen-bond acceptors (Lipinski definition) is 3. The molecule has 1 heterocycles. The van der Waals surface area contributed by atoms with E-state index in [0.717, 1.165) is 11.4 Å². The van der Waals surface area contributed by atoms with Crippen molar-refractivity contribution in [3.8, 4) is 0 Å². The van der Waals surface area contributed by atoms with Crippen LogP contribution in [0.3, 0.4) is 0 Å². The molecule has 0 amide bonds. The Bertz CT molecular complexity index is 287. The van der Waals surface area contributed by atoms with Gasteiger partial charge in [0.2, 0.25) is 0 Å². The molecule has 1 rings (SSSR count). The van der Waals surface area contributed by atoms with Crippen LogP contribution in [0.15, 0.2) is 17.5 Å². The summed E-state index contributed by atoms with van der Waals surface area (Å²) in [4.78, 5) is 1.06. The van der Waals surface area contributed by atoms with Crippen LogP contribution >= 0.6 is 11.3 Å². The predicted molar refractivity (Wildman–Crippen MR) is 84.8 cm³/mol. The molecule has 1 aromatic rings. The van der Waals surface area contributed by atoms with E-state index in [1.807, 2.05) is 17.5 Å². The number of aliphatic hydroxyl groups excluding tert-OH is 1. The van der Waals surface area contributed by atoms with E-state index >= 15 is 0 Å². The van der Waals surface area contributed by atoms with E-state index in [-0.39, 0.29) is 6.10 Å². The van der Waals surface area contributed by atoms with Crippen molar-refractivity contribution in [2.24, 2.45) is 0 Å². The average molecular weight is 283 g/mol. The fraction of sp³-hybridized carbons (Fsp3) is 0.750. The Morgan fingerprint density at radius 2 is 1.79 bits per heavy atom. The minimum atomic E-state index is -0.339. The molecule has 1 aromatic heterocycles. The number of thiophene rings is 1. The van der Waals surface area contributed by atoms with Gasteiger partial charge in [-0.2, -0.15) is 0 Å². The summed E-state index contributed by atoms with van der Waals surface area (Å²) in [5.41, 5.74) is 0. The summed E-state index contributed by atoms with van der Waals surface area (Å²) < 4.78 is 0. The van der Waals surface area contributed by atoms with Gasteiger partial charge in [0.1, 0.15) is 6.10 Å². The monoisotopic (exact) mass is 283 g/mol. The molecule has 0 aliphatic heterocycles. The molecule has 0 spiro atoms. The normalized spacial score (nSPS) is 12.7. The molecule has 0 aromatic carbocycles. The van der Waals surface area contributed by atoms with Gasteiger partial charge in [0.05, 0.1) is 0 Å². The number of rotatable bonds is 12. The van der Waals surface area contributed by atoms with Gasteiger partial charge in [0, 0.05) is 11.4 Å². The highest BCUT2D eigenvalue weighted by Gasteiger charge is 2.06. The third kappa shape index (κ3) is 8.40. The summed E-state index contributed by atoms with van der Waals surface area (Å²) >= 11 is 1.62. The molecule has 0 fully saturated rings. The number of hydrogen-bond donors (Lipinski definition) is 2. The molecule has 0 saturated heterocycles. The second-order valence-corrected chi connectivity index (χ2v) is 6.19. The van der Waals surface area contributed by atoms with Crippen molar-refractivity contribution in [2.45, 2.75) is 64.4 Å². The van der Waals surface area contributed by atoms with Gasteiger partial charge in [-0.05, 0) is 24.4 Å². The van der Waals surface area contributed by atoms with Crippen molar-refractivity contribution >= 4 is 11.3 Å². The minimum Gasteiger partial charge on any atom is -0.386 e. The summed E-state index contributed by atoms with van der Waals surface area (Å²) in [6, 6.07) is 3.98. The van der Waals surface area contributed by atoms with Crippen LogP contribution in [0.1, 0.15) is 69.3 Å². The Morgan fingerprint density at radius 3 is 2.42 bits per heavy atom. The maximum absolute atomic E-state index is 9.88. The highest BCUT2D eigenvalue weighted by molar-refractivity contribution is 7.10. The van der Waals surface area contributed by atoms with Gasteiger partial charge in [-0.25, -0.2) is 0 Å². The second kappa shape index (κ2) is 11.4. The summed E-state index contributed by atoms with van der Waals surface area (Å²) in [6.07, 6.45) is 10.5. The number of aliphatic hydroxyl groups is 1. The SMILES string of the molecule is CCCCCCCCCCNCC(O)c1cccs1. The standard InChI is InChI=1S/C16H29NOS/c1-2-3-4-5-6-7-8-9-12-17-14-15(18)16-11-10-13-19-16/h10-11,13,15,17-18H,2-9,12,14H2,1H3. The van der Waals surface area contributed by atoms with Crippen LogP contribution in [-0.4, -0.2) is 18.2 Å². The van der Waals surface area contributed by atoms with Crippen molar-refractivity contribution in [3.63, 3.8) is 0 Å². The summed E-state index contributed by atoms with van der Waals surface area (Å²) in [7, 11) is 0. The van der Waals surface area contributed by atoms with E-state index in [9.17, 15) is 5.11 Å². The Labute approximate surface area is 122 Å². The molecular weight excluding hydrogens is 254 g/mol. The van der Waals surface area contributed by atoms with Crippen LogP contribution in [0.4, 0.5) is 0 Å². The lowest BCUT2D eigenvalue weighted by atomic mass is 10.1. The molecule has 2 N–H and O–H groups in total. The quantitative estimate of drug-likeness (QED) is 0.553. The molecule has 0 bridgehead atoms. The van der Waals surface area contributed by atoms with Crippen LogP contribution in [0.5, 0.6) is 0 Å². The van der Waals surface area contributed by atoms with Gasteiger partial charge in [0.15, 0.2) is 0 Å². The fourth-order valence-corrected chi connectivity index (χ4v) is 2.92. The molecule has 3 heteroatoms. The summed E-state index contributed by atoms with van der Waals surface area (Å²) in [5.74, 6) is 0. The van der Waals surface area contributed by atoms with Crippen LogP contribution in [0.2, 0.25) is 0 Å². The predicted octanol–water partition coefficient (Wildman–Crippen LogP) is 4.51. The Morgan fingerprint density at radius 1 is 1.11 bits per heavy atom.